The fraction of sp³-hybridized carbons (Fsp3) is 0.700. The molecular weight excluding hydrogens is 479 g/mol. The number of hydrogen-bond donors (Lipinski definition) is 4. The van der Waals surface area contributed by atoms with Crippen molar-refractivity contribution in [2.75, 3.05) is 20.6 Å². The normalized spacial score (nSPS) is 30.5. The minimum Gasteiger partial charge on any atom is -0.477 e. The van der Waals surface area contributed by atoms with E-state index in [4.69, 9.17) is 5.73 Å². The van der Waals surface area contributed by atoms with E-state index in [2.05, 4.69) is 10.6 Å². The Morgan fingerprint density at radius 2 is 1.94 bits per heavy atom. The van der Waals surface area contributed by atoms with Gasteiger partial charge in [0.2, 0.25) is 17.7 Å². The van der Waals surface area contributed by atoms with Gasteiger partial charge in [0.05, 0.1) is 18.0 Å². The molecule has 0 spiro atoms. The summed E-state index contributed by atoms with van der Waals surface area (Å²) < 4.78 is 38.2. The second-order valence-electron chi connectivity index (χ2n) is 9.02. The van der Waals surface area contributed by atoms with Gasteiger partial charge in [-0.25, -0.2) is 4.79 Å². The number of rotatable bonds is 7. The van der Waals surface area contributed by atoms with E-state index in [1.165, 1.54) is 23.6 Å². The predicted octanol–water partition coefficient (Wildman–Crippen LogP) is -0.294. The van der Waals surface area contributed by atoms with Crippen LogP contribution in [-0.2, 0) is 19.2 Å². The van der Waals surface area contributed by atoms with Crippen LogP contribution < -0.4 is 16.4 Å². The lowest BCUT2D eigenvalue weighted by Crippen LogP contribution is -2.67. The molecule has 3 aliphatic rings. The van der Waals surface area contributed by atoms with Crippen LogP contribution in [0.25, 0.3) is 0 Å². The number of thioether (sulfide) groups is 1. The molecule has 0 aromatic carbocycles. The summed E-state index contributed by atoms with van der Waals surface area (Å²) in [7, 11) is 3.29. The van der Waals surface area contributed by atoms with E-state index >= 15 is 0 Å². The van der Waals surface area contributed by atoms with Crippen LogP contribution >= 0.6 is 11.8 Å². The molecule has 2 fully saturated rings. The van der Waals surface area contributed by atoms with E-state index in [9.17, 15) is 37.5 Å². The maximum absolute atomic E-state index is 12.8. The quantitative estimate of drug-likeness (QED) is 0.344. The highest BCUT2D eigenvalue weighted by molar-refractivity contribution is 8.03. The number of halogens is 3. The number of carboxylic acid groups (broad SMARTS) is 1. The Balaban J connectivity index is 1.73. The first-order valence-electron chi connectivity index (χ1n) is 10.7. The zero-order valence-corrected chi connectivity index (χ0v) is 19.9. The van der Waals surface area contributed by atoms with Gasteiger partial charge in [0.15, 0.2) is 6.04 Å². The number of amides is 3. The molecule has 10 nitrogen and oxygen atoms in total. The molecule has 3 rings (SSSR count). The standard InChI is InChI=1S/C20H28F3N5O5S/c1-7-12-11(8(2)26-16(29)15(24)20(21,22)23)18(31)28(12)13(19(32)33)14(7)34-9-5-10(25-6-9)17(30)27(3)4/h7-12,15,25H,5-6,24H2,1-4H3,(H,26,29)(H,32,33)/t7-,8?,9+,10+,11-,12-,15?/m1/s1. The summed E-state index contributed by atoms with van der Waals surface area (Å²) in [6.07, 6.45) is -4.45. The lowest BCUT2D eigenvalue weighted by Gasteiger charge is -2.47. The number of carboxylic acids is 1. The number of β-lactam (4-membered cyclic amide) rings is 1. The first-order valence-corrected chi connectivity index (χ1v) is 11.6. The Labute approximate surface area is 198 Å². The molecular formula is C20H28F3N5O5S. The summed E-state index contributed by atoms with van der Waals surface area (Å²) in [4.78, 5) is 52.1. The summed E-state index contributed by atoms with van der Waals surface area (Å²) >= 11 is 1.29. The van der Waals surface area contributed by atoms with Crippen molar-refractivity contribution in [1.82, 2.24) is 20.4 Å². The molecule has 0 radical (unpaired) electrons. The maximum atomic E-state index is 12.8. The van der Waals surface area contributed by atoms with Gasteiger partial charge in [0, 0.05) is 42.8 Å². The van der Waals surface area contributed by atoms with Crippen LogP contribution in [0.2, 0.25) is 0 Å². The van der Waals surface area contributed by atoms with Gasteiger partial charge in [-0.3, -0.25) is 14.4 Å². The summed E-state index contributed by atoms with van der Waals surface area (Å²) in [5, 5.41) is 15.0. The third kappa shape index (κ3) is 4.62. The van der Waals surface area contributed by atoms with Crippen LogP contribution in [0.4, 0.5) is 13.2 Å². The van der Waals surface area contributed by atoms with Crippen molar-refractivity contribution in [3.63, 3.8) is 0 Å². The first kappa shape index (κ1) is 26.3. The number of aliphatic carboxylic acids is 1. The molecule has 2 saturated heterocycles. The number of fused-ring (bicyclic) bond motifs is 1. The van der Waals surface area contributed by atoms with Crippen molar-refractivity contribution in [3.05, 3.63) is 10.6 Å². The van der Waals surface area contributed by atoms with E-state index in [-0.39, 0.29) is 16.9 Å². The van der Waals surface area contributed by atoms with Crippen molar-refractivity contribution in [2.24, 2.45) is 17.6 Å². The van der Waals surface area contributed by atoms with E-state index < -0.39 is 60.0 Å². The minimum absolute atomic E-state index is 0.0873. The smallest absolute Gasteiger partial charge is 0.412 e. The molecule has 5 N–H and O–H groups in total. The molecule has 3 aliphatic heterocycles. The molecule has 0 saturated carbocycles. The fourth-order valence-corrected chi connectivity index (χ4v) is 6.20. The third-order valence-corrected chi connectivity index (χ3v) is 7.97. The van der Waals surface area contributed by atoms with Crippen molar-refractivity contribution in [2.45, 2.75) is 55.9 Å². The molecule has 3 amide bonds. The van der Waals surface area contributed by atoms with E-state index in [0.717, 1.165) is 4.90 Å². The van der Waals surface area contributed by atoms with Gasteiger partial charge in [-0.05, 0) is 13.3 Å². The lowest BCUT2D eigenvalue weighted by atomic mass is 9.78. The second kappa shape index (κ2) is 9.38. The van der Waals surface area contributed by atoms with Gasteiger partial charge in [0.1, 0.15) is 5.70 Å². The molecule has 0 aromatic rings. The molecule has 7 atom stereocenters. The number of likely N-dealkylation sites (N-methyl/N-ethyl adjacent to an activating group) is 1. The number of nitrogens with one attached hydrogen (secondary N) is 2. The highest BCUT2D eigenvalue weighted by Gasteiger charge is 2.61. The molecule has 190 valence electrons. The fourth-order valence-electron chi connectivity index (χ4n) is 4.72. The molecule has 14 heteroatoms. The number of carbonyl (C=O) groups excluding carboxylic acids is 3. The number of nitrogens with two attached hydrogens (primary N) is 1. The number of carbonyl (C=O) groups is 4. The summed E-state index contributed by atoms with van der Waals surface area (Å²) in [6.45, 7) is 3.62. The van der Waals surface area contributed by atoms with E-state index in [1.54, 1.807) is 21.0 Å². The second-order valence-corrected chi connectivity index (χ2v) is 10.4. The van der Waals surface area contributed by atoms with Crippen molar-refractivity contribution < 1.29 is 37.5 Å². The van der Waals surface area contributed by atoms with Crippen LogP contribution in [0.5, 0.6) is 0 Å². The number of alkyl halides is 3. The Hall–Kier alpha value is -2.32. The zero-order valence-electron chi connectivity index (χ0n) is 19.0. The maximum Gasteiger partial charge on any atom is 0.412 e. The topological polar surface area (TPSA) is 145 Å². The Morgan fingerprint density at radius 3 is 2.47 bits per heavy atom. The van der Waals surface area contributed by atoms with Crippen LogP contribution in [0.3, 0.4) is 0 Å². The Morgan fingerprint density at radius 1 is 1.32 bits per heavy atom. The van der Waals surface area contributed by atoms with Crippen molar-refractivity contribution in [1.29, 1.82) is 0 Å². The van der Waals surface area contributed by atoms with E-state index in [1.807, 2.05) is 0 Å². The molecule has 0 aliphatic carbocycles. The van der Waals surface area contributed by atoms with Crippen LogP contribution in [0, 0.1) is 11.8 Å². The van der Waals surface area contributed by atoms with Crippen LogP contribution in [0.15, 0.2) is 10.6 Å². The largest absolute Gasteiger partial charge is 0.477 e. The Kier molecular flexibility index (Phi) is 7.25. The number of hydrogen-bond acceptors (Lipinski definition) is 7. The summed E-state index contributed by atoms with van der Waals surface area (Å²) in [5.74, 6) is -4.72. The van der Waals surface area contributed by atoms with Gasteiger partial charge < -0.3 is 31.3 Å². The predicted molar refractivity (Wildman–Crippen MR) is 116 cm³/mol. The van der Waals surface area contributed by atoms with Gasteiger partial charge in [-0.1, -0.05) is 6.92 Å². The first-order chi connectivity index (χ1) is 15.7. The number of nitrogens with zero attached hydrogens (tertiary/aromatic N) is 2. The van der Waals surface area contributed by atoms with Crippen LogP contribution in [-0.4, -0.2) is 94.8 Å². The third-order valence-electron chi connectivity index (χ3n) is 6.46. The highest BCUT2D eigenvalue weighted by atomic mass is 32.2. The molecule has 34 heavy (non-hydrogen) atoms. The lowest BCUT2D eigenvalue weighted by molar-refractivity contribution is -0.165. The van der Waals surface area contributed by atoms with Crippen molar-refractivity contribution >= 4 is 35.5 Å². The Bertz CT molecular complexity index is 927. The highest BCUT2D eigenvalue weighted by Crippen LogP contribution is 2.51. The average Bonchev–Trinajstić information content (AvgIpc) is 3.28. The summed E-state index contributed by atoms with van der Waals surface area (Å²) in [6, 6.07) is -4.72. The summed E-state index contributed by atoms with van der Waals surface area (Å²) in [5.41, 5.74) is 4.79. The molecule has 0 bridgehead atoms. The molecule has 3 heterocycles. The SMILES string of the molecule is CC(NC(=O)C(N)C(F)(F)F)[C@H]1C(=O)N2C(C(=O)O)=C(S[C@@H]3CN[C@H](C(=O)N(C)C)C3)[C@H](C)[C@H]12. The van der Waals surface area contributed by atoms with Gasteiger partial charge >= 0.3 is 12.1 Å². The van der Waals surface area contributed by atoms with Gasteiger partial charge in [0.25, 0.3) is 0 Å². The monoisotopic (exact) mass is 507 g/mol. The van der Waals surface area contributed by atoms with Crippen LogP contribution in [0.1, 0.15) is 20.3 Å². The van der Waals surface area contributed by atoms with E-state index in [0.29, 0.717) is 17.9 Å². The van der Waals surface area contributed by atoms with Gasteiger partial charge in [-0.2, -0.15) is 13.2 Å². The van der Waals surface area contributed by atoms with Gasteiger partial charge in [-0.15, -0.1) is 11.8 Å². The average molecular weight is 508 g/mol. The zero-order chi connectivity index (χ0) is 25.7. The molecule has 0 aromatic heterocycles. The van der Waals surface area contributed by atoms with Crippen molar-refractivity contribution in [3.8, 4) is 0 Å². The minimum atomic E-state index is -4.93. The molecule has 2 unspecified atom stereocenters.